The van der Waals surface area contributed by atoms with E-state index in [1.165, 1.54) is 44.9 Å². The van der Waals surface area contributed by atoms with Crippen LogP contribution in [0.25, 0.3) is 0 Å². The lowest BCUT2D eigenvalue weighted by atomic mass is 9.56. The molecule has 2 rings (SSSR count). The van der Waals surface area contributed by atoms with Gasteiger partial charge in [0.25, 0.3) is 0 Å². The van der Waals surface area contributed by atoms with E-state index in [0.29, 0.717) is 0 Å². The summed E-state index contributed by atoms with van der Waals surface area (Å²) in [5.41, 5.74) is 0.722. The number of hydrogen-bond donors (Lipinski definition) is 0. The highest BCUT2D eigenvalue weighted by atomic mass is 14.5. The third-order valence-corrected chi connectivity index (χ3v) is 5.23. The lowest BCUT2D eigenvalue weighted by molar-refractivity contribution is 0.0173. The minimum Gasteiger partial charge on any atom is -0.0654 e. The second-order valence-corrected chi connectivity index (χ2v) is 6.30. The van der Waals surface area contributed by atoms with Gasteiger partial charge in [0, 0.05) is 0 Å². The summed E-state index contributed by atoms with van der Waals surface area (Å²) in [6, 6.07) is 0. The van der Waals surface area contributed by atoms with Crippen LogP contribution in [-0.2, 0) is 0 Å². The van der Waals surface area contributed by atoms with E-state index >= 15 is 0 Å². The van der Waals surface area contributed by atoms with Crippen molar-refractivity contribution < 1.29 is 0 Å². The number of fused-ring (bicyclic) bond motifs is 1. The van der Waals surface area contributed by atoms with E-state index in [9.17, 15) is 0 Å². The second kappa shape index (κ2) is 4.89. The Kier molecular flexibility index (Phi) is 3.74. The van der Waals surface area contributed by atoms with Gasteiger partial charge in [-0.2, -0.15) is 0 Å². The molecule has 0 radical (unpaired) electrons. The molecule has 0 aromatic heterocycles. The molecule has 88 valence electrons. The van der Waals surface area contributed by atoms with Crippen molar-refractivity contribution in [3.8, 4) is 0 Å². The normalized spacial score (nSPS) is 41.2. The molecule has 3 unspecified atom stereocenters. The van der Waals surface area contributed by atoms with Crippen molar-refractivity contribution in [1.29, 1.82) is 0 Å². The molecule has 0 spiro atoms. The Morgan fingerprint density at radius 1 is 1.07 bits per heavy atom. The van der Waals surface area contributed by atoms with Crippen LogP contribution in [0.1, 0.15) is 78.1 Å². The molecular weight excluding hydrogens is 180 g/mol. The van der Waals surface area contributed by atoms with Crippen molar-refractivity contribution >= 4 is 0 Å². The molecule has 0 nitrogen and oxygen atoms in total. The molecule has 0 aliphatic heterocycles. The zero-order valence-corrected chi connectivity index (χ0v) is 10.7. The fourth-order valence-corrected chi connectivity index (χ4v) is 4.32. The average Bonchev–Trinajstić information content (AvgIpc) is 2.27. The largest absolute Gasteiger partial charge is 0.0654 e. The van der Waals surface area contributed by atoms with Gasteiger partial charge in [-0.05, 0) is 36.5 Å². The molecule has 2 saturated carbocycles. The van der Waals surface area contributed by atoms with E-state index in [1.54, 1.807) is 19.3 Å². The molecule has 0 heterocycles. The molecule has 2 aliphatic carbocycles. The summed E-state index contributed by atoms with van der Waals surface area (Å²) in [7, 11) is 0. The maximum atomic E-state index is 2.60. The van der Waals surface area contributed by atoms with Crippen LogP contribution in [0.3, 0.4) is 0 Å². The minimum atomic E-state index is 0.722. The van der Waals surface area contributed by atoms with Gasteiger partial charge in [-0.3, -0.25) is 0 Å². The molecule has 0 saturated heterocycles. The minimum absolute atomic E-state index is 0.722. The molecule has 0 N–H and O–H groups in total. The number of hydrogen-bond acceptors (Lipinski definition) is 0. The maximum Gasteiger partial charge on any atom is -0.0295 e. The molecular formula is C15H28. The van der Waals surface area contributed by atoms with E-state index in [1.807, 2.05) is 0 Å². The van der Waals surface area contributed by atoms with Crippen molar-refractivity contribution in [2.45, 2.75) is 78.1 Å². The Labute approximate surface area is 95.8 Å². The third-order valence-electron chi connectivity index (χ3n) is 5.23. The van der Waals surface area contributed by atoms with Gasteiger partial charge in [0.2, 0.25) is 0 Å². The van der Waals surface area contributed by atoms with E-state index < -0.39 is 0 Å². The second-order valence-electron chi connectivity index (χ2n) is 6.30. The predicted molar refractivity (Wildman–Crippen MR) is 66.9 cm³/mol. The molecule has 2 fully saturated rings. The van der Waals surface area contributed by atoms with Gasteiger partial charge in [0.15, 0.2) is 0 Å². The zero-order chi connectivity index (χ0) is 10.7. The standard InChI is InChI=1S/C15H28/c1-3-4-11-15(2)12-7-9-13-8-5-6-10-14(13)15/h13-14H,3-12H2,1-2H3. The maximum absolute atomic E-state index is 2.60. The van der Waals surface area contributed by atoms with E-state index in [0.717, 1.165) is 17.3 Å². The van der Waals surface area contributed by atoms with Crippen LogP contribution >= 0.6 is 0 Å². The van der Waals surface area contributed by atoms with Crippen LogP contribution in [-0.4, -0.2) is 0 Å². The van der Waals surface area contributed by atoms with Crippen LogP contribution in [0, 0.1) is 17.3 Å². The Balaban J connectivity index is 2.01. The van der Waals surface area contributed by atoms with Crippen molar-refractivity contribution in [2.24, 2.45) is 17.3 Å². The molecule has 0 aromatic rings. The van der Waals surface area contributed by atoms with Crippen molar-refractivity contribution in [3.63, 3.8) is 0 Å². The van der Waals surface area contributed by atoms with Crippen LogP contribution in [0.2, 0.25) is 0 Å². The third kappa shape index (κ3) is 2.40. The first kappa shape index (κ1) is 11.5. The number of rotatable bonds is 3. The molecule has 15 heavy (non-hydrogen) atoms. The summed E-state index contributed by atoms with van der Waals surface area (Å²) in [5.74, 6) is 2.20. The lowest BCUT2D eigenvalue weighted by Crippen LogP contribution is -2.38. The van der Waals surface area contributed by atoms with E-state index in [2.05, 4.69) is 13.8 Å². The fraction of sp³-hybridized carbons (Fsp3) is 1.00. The Morgan fingerprint density at radius 3 is 2.60 bits per heavy atom. The van der Waals surface area contributed by atoms with Crippen molar-refractivity contribution in [3.05, 3.63) is 0 Å². The number of unbranched alkanes of at least 4 members (excludes halogenated alkanes) is 1. The van der Waals surface area contributed by atoms with E-state index in [4.69, 9.17) is 0 Å². The smallest absolute Gasteiger partial charge is 0.0295 e. The van der Waals surface area contributed by atoms with E-state index in [-0.39, 0.29) is 0 Å². The van der Waals surface area contributed by atoms with Crippen LogP contribution in [0.4, 0.5) is 0 Å². The Hall–Kier alpha value is 0. The van der Waals surface area contributed by atoms with Crippen LogP contribution in [0.5, 0.6) is 0 Å². The molecule has 0 heteroatoms. The van der Waals surface area contributed by atoms with Gasteiger partial charge in [-0.15, -0.1) is 0 Å². The topological polar surface area (TPSA) is 0 Å². The van der Waals surface area contributed by atoms with Crippen molar-refractivity contribution in [1.82, 2.24) is 0 Å². The first-order valence-electron chi connectivity index (χ1n) is 7.26. The summed E-state index contributed by atoms with van der Waals surface area (Å²) in [5, 5.41) is 0. The Morgan fingerprint density at radius 2 is 1.80 bits per heavy atom. The highest BCUT2D eigenvalue weighted by Gasteiger charge is 2.42. The molecule has 0 aromatic carbocycles. The quantitative estimate of drug-likeness (QED) is 0.600. The van der Waals surface area contributed by atoms with Crippen LogP contribution in [0.15, 0.2) is 0 Å². The average molecular weight is 208 g/mol. The molecule has 2 aliphatic rings. The highest BCUT2D eigenvalue weighted by Crippen LogP contribution is 2.52. The van der Waals surface area contributed by atoms with Gasteiger partial charge in [0.1, 0.15) is 0 Å². The van der Waals surface area contributed by atoms with Gasteiger partial charge in [-0.1, -0.05) is 58.8 Å². The van der Waals surface area contributed by atoms with Gasteiger partial charge in [0.05, 0.1) is 0 Å². The fourth-order valence-electron chi connectivity index (χ4n) is 4.32. The molecule has 0 bridgehead atoms. The van der Waals surface area contributed by atoms with Gasteiger partial charge in [-0.25, -0.2) is 0 Å². The SMILES string of the molecule is CCCCC1(C)CCCC2CCCCC21. The van der Waals surface area contributed by atoms with Crippen LogP contribution < -0.4 is 0 Å². The van der Waals surface area contributed by atoms with Crippen molar-refractivity contribution in [2.75, 3.05) is 0 Å². The molecule has 3 atom stereocenters. The Bertz CT molecular complexity index is 194. The molecule has 0 amide bonds. The summed E-state index contributed by atoms with van der Waals surface area (Å²) in [4.78, 5) is 0. The lowest BCUT2D eigenvalue weighted by Gasteiger charge is -2.49. The summed E-state index contributed by atoms with van der Waals surface area (Å²) >= 11 is 0. The summed E-state index contributed by atoms with van der Waals surface area (Å²) in [6.45, 7) is 4.94. The van der Waals surface area contributed by atoms with Gasteiger partial charge >= 0.3 is 0 Å². The summed E-state index contributed by atoms with van der Waals surface area (Å²) in [6.07, 6.45) is 15.1. The zero-order valence-electron chi connectivity index (χ0n) is 10.7. The highest BCUT2D eigenvalue weighted by molar-refractivity contribution is 4.92. The predicted octanol–water partition coefficient (Wildman–Crippen LogP) is 5.17. The first-order valence-corrected chi connectivity index (χ1v) is 7.26. The monoisotopic (exact) mass is 208 g/mol. The van der Waals surface area contributed by atoms with Gasteiger partial charge < -0.3 is 0 Å². The summed E-state index contributed by atoms with van der Waals surface area (Å²) < 4.78 is 0. The first-order chi connectivity index (χ1) is 7.26.